The number of hydrogen-bond donors (Lipinski definition) is 0. The fraction of sp³-hybridized carbons (Fsp3) is 0. The Morgan fingerprint density at radius 3 is 1.71 bits per heavy atom. The second-order valence-electron chi connectivity index (χ2n) is 10.9. The third-order valence-corrected chi connectivity index (χ3v) is 9.26. The van der Waals surface area contributed by atoms with Crippen molar-refractivity contribution in [2.24, 2.45) is 0 Å². The minimum atomic E-state index is 0.809. The average Bonchev–Trinajstić information content (AvgIpc) is 3.60. The van der Waals surface area contributed by atoms with E-state index >= 15 is 0 Å². The molecule has 9 rings (SSSR count). The van der Waals surface area contributed by atoms with Crippen LogP contribution >= 0.6 is 11.8 Å². The van der Waals surface area contributed by atoms with Crippen molar-refractivity contribution in [3.63, 3.8) is 0 Å². The van der Waals surface area contributed by atoms with Gasteiger partial charge in [-0.05, 0) is 78.9 Å². The summed E-state index contributed by atoms with van der Waals surface area (Å²) in [5, 5.41) is 9.07. The maximum absolute atomic E-state index is 6.20. The Morgan fingerprint density at radius 1 is 0.489 bits per heavy atom. The molecule has 0 N–H and O–H groups in total. The SMILES string of the molecule is c1cc(N2c3ccccc3Oc3ccccc32)cc(-n2cc(-c3ccc(N4c5ccccc5Sc5ccccc54)cc3)nn2)c1. The molecule has 7 heteroatoms. The van der Waals surface area contributed by atoms with Crippen LogP contribution in [0.4, 0.5) is 34.1 Å². The molecule has 7 aromatic rings. The van der Waals surface area contributed by atoms with Gasteiger partial charge in [0, 0.05) is 26.7 Å². The maximum Gasteiger partial charge on any atom is 0.151 e. The summed E-state index contributed by atoms with van der Waals surface area (Å²) >= 11 is 1.81. The summed E-state index contributed by atoms with van der Waals surface area (Å²) in [7, 11) is 0. The third kappa shape index (κ3) is 4.36. The van der Waals surface area contributed by atoms with Crippen LogP contribution in [0, 0.1) is 0 Å². The minimum absolute atomic E-state index is 0.809. The number of rotatable bonds is 4. The number of anilines is 6. The highest BCUT2D eigenvalue weighted by atomic mass is 32.2. The average molecular weight is 600 g/mol. The molecule has 2 aliphatic heterocycles. The topological polar surface area (TPSA) is 46.4 Å². The van der Waals surface area contributed by atoms with Crippen LogP contribution in [0.25, 0.3) is 16.9 Å². The summed E-state index contributed by atoms with van der Waals surface area (Å²) in [6.45, 7) is 0. The summed E-state index contributed by atoms with van der Waals surface area (Å²) in [5.41, 5.74) is 9.20. The van der Waals surface area contributed by atoms with Crippen LogP contribution in [0.5, 0.6) is 11.5 Å². The monoisotopic (exact) mass is 599 g/mol. The Bertz CT molecular complexity index is 2120. The predicted octanol–water partition coefficient (Wildman–Crippen LogP) is 10.4. The Balaban J connectivity index is 1.04. The number of nitrogens with zero attached hydrogens (tertiary/aromatic N) is 5. The molecule has 0 saturated carbocycles. The number of benzene rings is 6. The first-order chi connectivity index (χ1) is 22.3. The van der Waals surface area contributed by atoms with Crippen LogP contribution in [0.1, 0.15) is 0 Å². The van der Waals surface area contributed by atoms with Gasteiger partial charge >= 0.3 is 0 Å². The highest BCUT2D eigenvalue weighted by Crippen LogP contribution is 2.52. The largest absolute Gasteiger partial charge is 0.453 e. The lowest BCUT2D eigenvalue weighted by atomic mass is 10.1. The van der Waals surface area contributed by atoms with E-state index in [4.69, 9.17) is 4.74 Å². The summed E-state index contributed by atoms with van der Waals surface area (Å²) in [6.07, 6.45) is 1.98. The molecular weight excluding hydrogens is 575 g/mol. The second kappa shape index (κ2) is 10.4. The van der Waals surface area contributed by atoms with Crippen molar-refractivity contribution in [1.82, 2.24) is 15.0 Å². The molecule has 0 fully saturated rings. The first-order valence-electron chi connectivity index (χ1n) is 14.8. The number of fused-ring (bicyclic) bond motifs is 4. The molecule has 0 amide bonds. The van der Waals surface area contributed by atoms with E-state index in [0.29, 0.717) is 0 Å². The van der Waals surface area contributed by atoms with E-state index in [-0.39, 0.29) is 0 Å². The van der Waals surface area contributed by atoms with Crippen molar-refractivity contribution in [1.29, 1.82) is 0 Å². The van der Waals surface area contributed by atoms with Crippen molar-refractivity contribution < 1.29 is 4.74 Å². The van der Waals surface area contributed by atoms with Crippen LogP contribution in [-0.2, 0) is 0 Å². The molecule has 0 aliphatic carbocycles. The fourth-order valence-corrected chi connectivity index (χ4v) is 7.10. The van der Waals surface area contributed by atoms with Gasteiger partial charge in [-0.3, -0.25) is 0 Å². The van der Waals surface area contributed by atoms with Gasteiger partial charge in [0.1, 0.15) is 5.69 Å². The summed E-state index contributed by atoms with van der Waals surface area (Å²) in [5.74, 6) is 1.65. The number of ether oxygens (including phenoxy) is 1. The van der Waals surface area contributed by atoms with Crippen molar-refractivity contribution in [3.8, 4) is 28.4 Å². The zero-order valence-electron chi connectivity index (χ0n) is 24.0. The van der Waals surface area contributed by atoms with E-state index < -0.39 is 0 Å². The Hall–Kier alpha value is -5.79. The van der Waals surface area contributed by atoms with Crippen LogP contribution in [-0.4, -0.2) is 15.0 Å². The third-order valence-electron chi connectivity index (χ3n) is 8.13. The van der Waals surface area contributed by atoms with E-state index in [1.807, 2.05) is 71.2 Å². The first-order valence-corrected chi connectivity index (χ1v) is 15.6. The van der Waals surface area contributed by atoms with Crippen LogP contribution in [0.15, 0.2) is 162 Å². The Morgan fingerprint density at radius 2 is 1.04 bits per heavy atom. The van der Waals surface area contributed by atoms with E-state index in [0.717, 1.165) is 51.2 Å². The molecule has 6 aromatic carbocycles. The van der Waals surface area contributed by atoms with Crippen LogP contribution in [0.2, 0.25) is 0 Å². The Kier molecular flexibility index (Phi) is 5.96. The number of para-hydroxylation sites is 6. The van der Waals surface area contributed by atoms with Gasteiger partial charge in [0.2, 0.25) is 0 Å². The minimum Gasteiger partial charge on any atom is -0.453 e. The van der Waals surface area contributed by atoms with Gasteiger partial charge in [-0.15, -0.1) is 5.10 Å². The normalized spacial score (nSPS) is 12.9. The summed E-state index contributed by atoms with van der Waals surface area (Å²) < 4.78 is 8.04. The molecule has 0 radical (unpaired) electrons. The standard InChI is InChI=1S/C38H25N5OS/c1-5-16-35-31(12-1)43(32-13-2-6-17-36(32)44-35)29-11-9-10-28(24-29)41-25-30(39-40-41)26-20-22-27(23-21-26)42-33-14-3-7-18-37(33)45-38-19-8-4-15-34(38)42/h1-25H. The highest BCUT2D eigenvalue weighted by molar-refractivity contribution is 7.99. The van der Waals surface area contributed by atoms with E-state index in [9.17, 15) is 0 Å². The molecule has 45 heavy (non-hydrogen) atoms. The van der Waals surface area contributed by atoms with Gasteiger partial charge < -0.3 is 14.5 Å². The molecule has 3 heterocycles. The van der Waals surface area contributed by atoms with Crippen molar-refractivity contribution in [2.45, 2.75) is 9.79 Å². The van der Waals surface area contributed by atoms with Gasteiger partial charge in [-0.1, -0.05) is 83.7 Å². The van der Waals surface area contributed by atoms with Gasteiger partial charge in [0.25, 0.3) is 0 Å². The molecule has 214 valence electrons. The van der Waals surface area contributed by atoms with E-state index in [1.54, 1.807) is 0 Å². The second-order valence-corrected chi connectivity index (χ2v) is 11.9. The smallest absolute Gasteiger partial charge is 0.151 e. The predicted molar refractivity (Wildman–Crippen MR) is 180 cm³/mol. The lowest BCUT2D eigenvalue weighted by Crippen LogP contribution is -2.15. The van der Waals surface area contributed by atoms with Crippen molar-refractivity contribution >= 4 is 45.9 Å². The zero-order chi connectivity index (χ0) is 29.7. The summed E-state index contributed by atoms with van der Waals surface area (Å²) in [6, 6.07) is 50.2. The van der Waals surface area contributed by atoms with Gasteiger partial charge in [-0.2, -0.15) is 0 Å². The molecule has 0 saturated heterocycles. The zero-order valence-corrected chi connectivity index (χ0v) is 24.8. The van der Waals surface area contributed by atoms with Crippen LogP contribution in [0.3, 0.4) is 0 Å². The van der Waals surface area contributed by atoms with Crippen molar-refractivity contribution in [2.75, 3.05) is 9.80 Å². The highest BCUT2D eigenvalue weighted by Gasteiger charge is 2.26. The molecule has 1 aromatic heterocycles. The lowest BCUT2D eigenvalue weighted by Gasteiger charge is -2.32. The fourth-order valence-electron chi connectivity index (χ4n) is 6.04. The van der Waals surface area contributed by atoms with E-state index in [1.165, 1.54) is 21.2 Å². The van der Waals surface area contributed by atoms with Gasteiger partial charge in [0.15, 0.2) is 11.5 Å². The first kappa shape index (κ1) is 25.7. The number of aromatic nitrogens is 3. The van der Waals surface area contributed by atoms with Gasteiger partial charge in [-0.25, -0.2) is 4.68 Å². The molecule has 6 nitrogen and oxygen atoms in total. The Labute approximate surface area is 264 Å². The maximum atomic E-state index is 6.20. The molecule has 0 unspecified atom stereocenters. The number of hydrogen-bond acceptors (Lipinski definition) is 6. The van der Waals surface area contributed by atoms with Crippen LogP contribution < -0.4 is 14.5 Å². The quantitative estimate of drug-likeness (QED) is 0.201. The van der Waals surface area contributed by atoms with E-state index in [2.05, 4.69) is 117 Å². The molecule has 0 atom stereocenters. The molecule has 0 spiro atoms. The molecule has 0 bridgehead atoms. The van der Waals surface area contributed by atoms with Crippen molar-refractivity contribution in [3.05, 3.63) is 152 Å². The molecular formula is C38H25N5OS. The van der Waals surface area contributed by atoms with Gasteiger partial charge in [0.05, 0.1) is 34.6 Å². The molecule has 2 aliphatic rings. The summed E-state index contributed by atoms with van der Waals surface area (Å²) in [4.78, 5) is 7.04. The lowest BCUT2D eigenvalue weighted by molar-refractivity contribution is 0.477.